The number of carbonyl (C=O) groups is 1. The van der Waals surface area contributed by atoms with Crippen LogP contribution in [0.5, 0.6) is 0 Å². The summed E-state index contributed by atoms with van der Waals surface area (Å²) >= 11 is 5.90. The van der Waals surface area contributed by atoms with Crippen molar-refractivity contribution in [2.45, 2.75) is 13.1 Å². The smallest absolute Gasteiger partial charge is 0.316 e. The molecule has 33 heavy (non-hydrogen) atoms. The van der Waals surface area contributed by atoms with Gasteiger partial charge in [0, 0.05) is 12.1 Å². The van der Waals surface area contributed by atoms with E-state index in [2.05, 4.69) is 10.4 Å². The van der Waals surface area contributed by atoms with Crippen molar-refractivity contribution in [3.63, 3.8) is 0 Å². The van der Waals surface area contributed by atoms with E-state index in [4.69, 9.17) is 11.6 Å². The number of nitrogens with zero attached hydrogens (tertiary/aromatic N) is 4. The molecule has 0 aliphatic rings. The lowest BCUT2D eigenvalue weighted by Crippen LogP contribution is -2.24. The van der Waals surface area contributed by atoms with Gasteiger partial charge in [0.2, 0.25) is 0 Å². The molecule has 0 unspecified atom stereocenters. The van der Waals surface area contributed by atoms with Gasteiger partial charge in [0.25, 0.3) is 11.5 Å². The molecule has 0 aliphatic heterocycles. The van der Waals surface area contributed by atoms with Gasteiger partial charge in [0.15, 0.2) is 5.69 Å². The molecule has 1 N–H and O–H groups in total. The molecule has 0 spiro atoms. The third-order valence-corrected chi connectivity index (χ3v) is 5.36. The number of alkyl halides is 3. The van der Waals surface area contributed by atoms with Gasteiger partial charge in [-0.2, -0.15) is 18.3 Å². The number of amides is 1. The van der Waals surface area contributed by atoms with Crippen LogP contribution in [0, 0.1) is 6.92 Å². The van der Waals surface area contributed by atoms with Gasteiger partial charge >= 0.3 is 6.18 Å². The first kappa shape index (κ1) is 22.4. The molecular weight excluding hydrogens is 459 g/mol. The highest BCUT2D eigenvalue weighted by atomic mass is 35.5. The lowest BCUT2D eigenvalue weighted by molar-refractivity contribution is -0.143. The van der Waals surface area contributed by atoms with Crippen LogP contribution in [0.25, 0.3) is 11.4 Å². The molecular formula is C22H17ClF3N5O2. The van der Waals surface area contributed by atoms with Gasteiger partial charge in [-0.1, -0.05) is 35.9 Å². The Labute approximate surface area is 190 Å². The summed E-state index contributed by atoms with van der Waals surface area (Å²) in [5.41, 5.74) is -1.77. The Bertz CT molecular complexity index is 1400. The van der Waals surface area contributed by atoms with Crippen molar-refractivity contribution in [2.75, 3.05) is 5.32 Å². The predicted molar refractivity (Wildman–Crippen MR) is 117 cm³/mol. The maximum atomic E-state index is 13.9. The second kappa shape index (κ2) is 8.28. The number of rotatable bonds is 4. The number of anilines is 1. The molecule has 1 amide bonds. The molecule has 0 aliphatic carbocycles. The number of carbonyl (C=O) groups excluding carboxylic acids is 1. The van der Waals surface area contributed by atoms with Crippen molar-refractivity contribution in [3.05, 3.63) is 93.1 Å². The van der Waals surface area contributed by atoms with Crippen molar-refractivity contribution >= 4 is 23.2 Å². The molecule has 0 bridgehead atoms. The number of aromatic nitrogens is 4. The van der Waals surface area contributed by atoms with Gasteiger partial charge in [-0.05, 0) is 37.3 Å². The van der Waals surface area contributed by atoms with E-state index in [-0.39, 0.29) is 16.4 Å². The third kappa shape index (κ3) is 4.05. The largest absolute Gasteiger partial charge is 0.434 e. The number of para-hydroxylation sites is 1. The molecule has 0 saturated heterocycles. The SMILES string of the molecule is Cc1c(NC(=O)c2cnn(-c3cccc(Cl)c3)c2C(F)(F)F)c(=O)n(-c2ccccc2)n1C. The maximum Gasteiger partial charge on any atom is 0.434 e. The average Bonchev–Trinajstić information content (AvgIpc) is 3.31. The van der Waals surface area contributed by atoms with Gasteiger partial charge in [0.1, 0.15) is 5.69 Å². The lowest BCUT2D eigenvalue weighted by atomic mass is 10.2. The first-order chi connectivity index (χ1) is 15.6. The quantitative estimate of drug-likeness (QED) is 0.469. The van der Waals surface area contributed by atoms with Crippen LogP contribution in [-0.4, -0.2) is 25.1 Å². The highest BCUT2D eigenvalue weighted by molar-refractivity contribution is 6.30. The zero-order chi connectivity index (χ0) is 23.9. The Morgan fingerprint density at radius 2 is 1.73 bits per heavy atom. The fourth-order valence-electron chi connectivity index (χ4n) is 3.48. The molecule has 7 nitrogen and oxygen atoms in total. The van der Waals surface area contributed by atoms with E-state index in [0.29, 0.717) is 16.1 Å². The number of benzene rings is 2. The summed E-state index contributed by atoms with van der Waals surface area (Å²) < 4.78 is 45.2. The molecule has 0 atom stereocenters. The summed E-state index contributed by atoms with van der Waals surface area (Å²) in [4.78, 5) is 25.9. The third-order valence-electron chi connectivity index (χ3n) is 5.13. The van der Waals surface area contributed by atoms with Crippen LogP contribution >= 0.6 is 11.6 Å². The maximum absolute atomic E-state index is 13.9. The van der Waals surface area contributed by atoms with Crippen LogP contribution in [0.2, 0.25) is 5.02 Å². The van der Waals surface area contributed by atoms with Gasteiger partial charge < -0.3 is 5.32 Å². The summed E-state index contributed by atoms with van der Waals surface area (Å²) in [7, 11) is 1.61. The zero-order valence-electron chi connectivity index (χ0n) is 17.4. The zero-order valence-corrected chi connectivity index (χ0v) is 18.1. The van der Waals surface area contributed by atoms with Crippen LogP contribution in [0.3, 0.4) is 0 Å². The molecule has 2 aromatic carbocycles. The molecule has 2 aromatic heterocycles. The van der Waals surface area contributed by atoms with Gasteiger partial charge in [-0.3, -0.25) is 14.3 Å². The Kier molecular flexibility index (Phi) is 5.62. The molecule has 11 heteroatoms. The van der Waals surface area contributed by atoms with Gasteiger partial charge in [0.05, 0.1) is 28.8 Å². The highest BCUT2D eigenvalue weighted by Gasteiger charge is 2.41. The van der Waals surface area contributed by atoms with Crippen molar-refractivity contribution in [1.29, 1.82) is 0 Å². The van der Waals surface area contributed by atoms with Crippen LogP contribution in [0.4, 0.5) is 18.9 Å². The topological polar surface area (TPSA) is 73.8 Å². The highest BCUT2D eigenvalue weighted by Crippen LogP contribution is 2.34. The van der Waals surface area contributed by atoms with E-state index >= 15 is 0 Å². The minimum Gasteiger partial charge on any atom is -0.316 e. The minimum atomic E-state index is -4.90. The summed E-state index contributed by atoms with van der Waals surface area (Å²) in [6.07, 6.45) is -4.09. The predicted octanol–water partition coefficient (Wildman–Crippen LogP) is 4.59. The molecule has 4 aromatic rings. The summed E-state index contributed by atoms with van der Waals surface area (Å²) in [5.74, 6) is -1.11. The van der Waals surface area contributed by atoms with Crippen molar-refractivity contribution in [3.8, 4) is 11.4 Å². The molecule has 0 radical (unpaired) electrons. The minimum absolute atomic E-state index is 0.0381. The number of halogens is 4. The molecule has 0 saturated carbocycles. The Balaban J connectivity index is 1.77. The van der Waals surface area contributed by atoms with Crippen LogP contribution < -0.4 is 10.9 Å². The first-order valence-electron chi connectivity index (χ1n) is 9.66. The second-order valence-corrected chi connectivity index (χ2v) is 7.62. The second-order valence-electron chi connectivity index (χ2n) is 7.19. The summed E-state index contributed by atoms with van der Waals surface area (Å²) in [6, 6.07) is 14.3. The van der Waals surface area contributed by atoms with Crippen molar-refractivity contribution < 1.29 is 18.0 Å². The van der Waals surface area contributed by atoms with Gasteiger partial charge in [-0.15, -0.1) is 0 Å². The fourth-order valence-corrected chi connectivity index (χ4v) is 3.67. The Morgan fingerprint density at radius 3 is 2.36 bits per heavy atom. The van der Waals surface area contributed by atoms with E-state index in [1.165, 1.54) is 33.6 Å². The standard InChI is InChI=1S/C22H17ClF3N5O2/c1-13-18(21(33)31(29(13)2)15-8-4-3-5-9-15)28-20(32)17-12-27-30(19(17)22(24,25)26)16-10-6-7-14(23)11-16/h3-12H,1-2H3,(H,28,32). The lowest BCUT2D eigenvalue weighted by Gasteiger charge is -2.13. The number of hydrogen-bond donors (Lipinski definition) is 1. The van der Waals surface area contributed by atoms with E-state index in [1.807, 2.05) is 0 Å². The molecule has 4 rings (SSSR count). The molecule has 0 fully saturated rings. The van der Waals surface area contributed by atoms with E-state index in [9.17, 15) is 22.8 Å². The van der Waals surface area contributed by atoms with Crippen molar-refractivity contribution in [2.24, 2.45) is 7.05 Å². The van der Waals surface area contributed by atoms with E-state index in [0.717, 1.165) is 6.20 Å². The van der Waals surface area contributed by atoms with Gasteiger partial charge in [-0.25, -0.2) is 9.36 Å². The van der Waals surface area contributed by atoms with Crippen molar-refractivity contribution in [1.82, 2.24) is 19.1 Å². The van der Waals surface area contributed by atoms with Crippen LogP contribution in [0.15, 0.2) is 65.6 Å². The monoisotopic (exact) mass is 475 g/mol. The molecule has 2 heterocycles. The summed E-state index contributed by atoms with van der Waals surface area (Å²) in [6.45, 7) is 1.58. The Hall–Kier alpha value is -3.79. The molecule has 170 valence electrons. The normalized spacial score (nSPS) is 11.6. The number of hydrogen-bond acceptors (Lipinski definition) is 3. The Morgan fingerprint density at radius 1 is 1.06 bits per heavy atom. The van der Waals surface area contributed by atoms with Crippen LogP contribution in [-0.2, 0) is 13.2 Å². The number of nitrogens with one attached hydrogen (secondary N) is 1. The van der Waals surface area contributed by atoms with E-state index < -0.39 is 28.9 Å². The fraction of sp³-hybridized carbons (Fsp3) is 0.136. The van der Waals surface area contributed by atoms with Crippen LogP contribution in [0.1, 0.15) is 21.7 Å². The first-order valence-corrected chi connectivity index (χ1v) is 10.0. The summed E-state index contributed by atoms with van der Waals surface area (Å²) in [5, 5.41) is 6.31. The van der Waals surface area contributed by atoms with E-state index in [1.54, 1.807) is 44.3 Å². The average molecular weight is 476 g/mol.